The fourth-order valence-corrected chi connectivity index (χ4v) is 4.28. The normalized spacial score (nSPS) is 25.9. The summed E-state index contributed by atoms with van der Waals surface area (Å²) in [6.45, 7) is 6.92. The highest BCUT2D eigenvalue weighted by Gasteiger charge is 2.43. The lowest BCUT2D eigenvalue weighted by Crippen LogP contribution is -2.53. The largest absolute Gasteiger partial charge is 0.485 e. The summed E-state index contributed by atoms with van der Waals surface area (Å²) in [6.07, 6.45) is 4.37. The minimum absolute atomic E-state index is 0.0208. The Kier molecular flexibility index (Phi) is 5.78. The van der Waals surface area contributed by atoms with Crippen LogP contribution < -0.4 is 4.74 Å². The van der Waals surface area contributed by atoms with Crippen molar-refractivity contribution in [2.45, 2.75) is 71.1 Å². The second-order valence-corrected chi connectivity index (χ2v) is 8.26. The summed E-state index contributed by atoms with van der Waals surface area (Å²) >= 11 is 0. The topological polar surface area (TPSA) is 49.9 Å². The molecule has 0 N–H and O–H groups in total. The number of ether oxygens (including phenoxy) is 1. The second kappa shape index (κ2) is 7.91. The van der Waals surface area contributed by atoms with E-state index in [2.05, 4.69) is 13.0 Å². The van der Waals surface area contributed by atoms with Crippen molar-refractivity contribution in [3.8, 4) is 5.75 Å². The van der Waals surface area contributed by atoms with Crippen LogP contribution in [0.2, 0.25) is 0 Å². The number of carbonyl (C=O) groups excluding carboxylic acids is 2. The number of para-hydroxylation sites is 1. The van der Waals surface area contributed by atoms with E-state index in [-0.39, 0.29) is 29.4 Å². The third-order valence-corrected chi connectivity index (χ3v) is 6.40. The molecule has 1 aliphatic carbocycles. The maximum absolute atomic E-state index is 13.0. The highest BCUT2D eigenvalue weighted by molar-refractivity contribution is 5.78. The van der Waals surface area contributed by atoms with Crippen molar-refractivity contribution in [3.05, 3.63) is 29.8 Å². The summed E-state index contributed by atoms with van der Waals surface area (Å²) in [5.74, 6) is 1.24. The van der Waals surface area contributed by atoms with E-state index in [1.54, 1.807) is 6.92 Å². The lowest BCUT2D eigenvalue weighted by atomic mass is 9.81. The van der Waals surface area contributed by atoms with Gasteiger partial charge in [0.1, 0.15) is 11.4 Å². The average molecular weight is 373 g/mol. The van der Waals surface area contributed by atoms with Crippen molar-refractivity contribution in [1.29, 1.82) is 0 Å². The number of benzene rings is 1. The Hall–Kier alpha value is -2.04. The molecule has 1 fully saturated rings. The fraction of sp³-hybridized carbons (Fsp3) is 0.636. The molecule has 1 spiro atoms. The van der Waals surface area contributed by atoms with Crippen LogP contribution in [0.25, 0.3) is 0 Å². The van der Waals surface area contributed by atoms with Gasteiger partial charge in [-0.15, -0.1) is 0 Å². The van der Waals surface area contributed by atoms with Gasteiger partial charge in [-0.2, -0.15) is 0 Å². The lowest BCUT2D eigenvalue weighted by Gasteiger charge is -2.43. The Labute approximate surface area is 162 Å². The Morgan fingerprint density at radius 2 is 1.96 bits per heavy atom. The van der Waals surface area contributed by atoms with Crippen molar-refractivity contribution in [2.24, 2.45) is 5.92 Å². The van der Waals surface area contributed by atoms with Crippen molar-refractivity contribution in [1.82, 2.24) is 9.80 Å². The minimum atomic E-state index is -0.357. The summed E-state index contributed by atoms with van der Waals surface area (Å²) in [4.78, 5) is 28.6. The van der Waals surface area contributed by atoms with Gasteiger partial charge in [-0.1, -0.05) is 32.0 Å². The Morgan fingerprint density at radius 1 is 1.30 bits per heavy atom. The zero-order valence-electron chi connectivity index (χ0n) is 17.0. The highest BCUT2D eigenvalue weighted by Crippen LogP contribution is 2.39. The van der Waals surface area contributed by atoms with Crippen LogP contribution >= 0.6 is 0 Å². The minimum Gasteiger partial charge on any atom is -0.485 e. The smallest absolute Gasteiger partial charge is 0.225 e. The molecule has 27 heavy (non-hydrogen) atoms. The number of hydrogen-bond donors (Lipinski definition) is 0. The predicted octanol–water partition coefficient (Wildman–Crippen LogP) is 3.61. The van der Waals surface area contributed by atoms with Crippen molar-refractivity contribution < 1.29 is 14.3 Å². The average Bonchev–Trinajstić information content (AvgIpc) is 2.83. The molecule has 2 amide bonds. The first-order valence-electron chi connectivity index (χ1n) is 10.1. The van der Waals surface area contributed by atoms with Gasteiger partial charge in [-0.25, -0.2) is 0 Å². The van der Waals surface area contributed by atoms with E-state index in [1.165, 1.54) is 0 Å². The third-order valence-electron chi connectivity index (χ3n) is 6.40. The Morgan fingerprint density at radius 3 is 2.59 bits per heavy atom. The maximum atomic E-state index is 13.0. The van der Waals surface area contributed by atoms with Gasteiger partial charge in [-0.3, -0.25) is 9.59 Å². The molecule has 0 bridgehead atoms. The molecule has 1 aromatic rings. The molecule has 1 saturated carbocycles. The first-order chi connectivity index (χ1) is 12.8. The van der Waals surface area contributed by atoms with E-state index in [0.717, 1.165) is 43.4 Å². The van der Waals surface area contributed by atoms with Gasteiger partial charge in [0.2, 0.25) is 11.8 Å². The molecule has 1 heterocycles. The maximum Gasteiger partial charge on any atom is 0.225 e. The summed E-state index contributed by atoms with van der Waals surface area (Å²) in [7, 11) is 1.88. The summed E-state index contributed by atoms with van der Waals surface area (Å²) in [6, 6.07) is 8.33. The molecule has 0 aromatic heterocycles. The Balaban J connectivity index is 1.84. The van der Waals surface area contributed by atoms with Gasteiger partial charge < -0.3 is 14.5 Å². The molecule has 0 unspecified atom stereocenters. The van der Waals surface area contributed by atoms with Crippen LogP contribution in [-0.4, -0.2) is 46.8 Å². The van der Waals surface area contributed by atoms with Gasteiger partial charge >= 0.3 is 0 Å². The molecule has 1 atom stereocenters. The first kappa shape index (κ1) is 19.7. The number of fused-ring (bicyclic) bond motifs is 1. The van der Waals surface area contributed by atoms with Gasteiger partial charge in [0.25, 0.3) is 0 Å². The van der Waals surface area contributed by atoms with Gasteiger partial charge in [0.05, 0.1) is 6.54 Å². The summed E-state index contributed by atoms with van der Waals surface area (Å²) in [5.41, 5.74) is 0.720. The molecule has 2 aliphatic rings. The molecule has 0 radical (unpaired) electrons. The Bertz CT molecular complexity index is 695. The number of hydrogen-bond acceptors (Lipinski definition) is 3. The number of rotatable bonds is 3. The third kappa shape index (κ3) is 4.12. The quantitative estimate of drug-likeness (QED) is 0.814. The number of nitrogens with zero attached hydrogens (tertiary/aromatic N) is 2. The first-order valence-corrected chi connectivity index (χ1v) is 10.1. The van der Waals surface area contributed by atoms with Crippen LogP contribution in [0.3, 0.4) is 0 Å². The monoisotopic (exact) mass is 372 g/mol. The van der Waals surface area contributed by atoms with E-state index in [1.807, 2.05) is 42.0 Å². The number of amides is 2. The van der Waals surface area contributed by atoms with E-state index in [9.17, 15) is 9.59 Å². The second-order valence-electron chi connectivity index (χ2n) is 8.26. The number of carbonyl (C=O) groups is 2. The fourth-order valence-electron chi connectivity index (χ4n) is 4.28. The molecule has 148 valence electrons. The van der Waals surface area contributed by atoms with Crippen LogP contribution in [0.4, 0.5) is 0 Å². The van der Waals surface area contributed by atoms with Crippen LogP contribution in [0, 0.1) is 5.92 Å². The molecular weight excluding hydrogens is 340 g/mol. The van der Waals surface area contributed by atoms with Crippen molar-refractivity contribution in [3.63, 3.8) is 0 Å². The molecule has 5 nitrogen and oxygen atoms in total. The van der Waals surface area contributed by atoms with Crippen LogP contribution in [0.15, 0.2) is 24.3 Å². The molecule has 3 rings (SSSR count). The van der Waals surface area contributed by atoms with Crippen molar-refractivity contribution >= 4 is 11.8 Å². The molecule has 0 saturated heterocycles. The van der Waals surface area contributed by atoms with Crippen LogP contribution in [0.1, 0.15) is 58.4 Å². The zero-order chi connectivity index (χ0) is 19.6. The molecule has 1 aliphatic heterocycles. The highest BCUT2D eigenvalue weighted by atomic mass is 16.5. The van der Waals surface area contributed by atoms with Crippen LogP contribution in [-0.2, 0) is 16.1 Å². The standard InChI is InChI=1S/C22H32N2O3/c1-5-16(2)21(26)24-14-18-8-6-7-9-20(18)27-22(15-24)12-10-19(11-13-22)23(4)17(3)25/h6-9,16,19H,5,10-15H2,1-4H3/t16-,19?,22?/m1/s1. The van der Waals surface area contributed by atoms with Crippen LogP contribution in [0.5, 0.6) is 5.75 Å². The van der Waals surface area contributed by atoms with Gasteiger partial charge in [0, 0.05) is 38.0 Å². The SMILES string of the molecule is CC[C@@H](C)C(=O)N1Cc2ccccc2OC2(CCC(N(C)C(C)=O)CC2)C1. The predicted molar refractivity (Wildman–Crippen MR) is 105 cm³/mol. The summed E-state index contributed by atoms with van der Waals surface area (Å²) < 4.78 is 6.57. The van der Waals surface area contributed by atoms with Gasteiger partial charge in [-0.05, 0) is 38.2 Å². The van der Waals surface area contributed by atoms with E-state index < -0.39 is 0 Å². The summed E-state index contributed by atoms with van der Waals surface area (Å²) in [5, 5.41) is 0. The van der Waals surface area contributed by atoms with E-state index >= 15 is 0 Å². The molecular formula is C22H32N2O3. The van der Waals surface area contributed by atoms with Crippen molar-refractivity contribution in [2.75, 3.05) is 13.6 Å². The molecule has 1 aromatic carbocycles. The lowest BCUT2D eigenvalue weighted by molar-refractivity contribution is -0.139. The molecule has 5 heteroatoms. The zero-order valence-corrected chi connectivity index (χ0v) is 17.0. The van der Waals surface area contributed by atoms with E-state index in [4.69, 9.17) is 4.74 Å². The van der Waals surface area contributed by atoms with E-state index in [0.29, 0.717) is 13.1 Å². The van der Waals surface area contributed by atoms with Gasteiger partial charge in [0.15, 0.2) is 0 Å².